The summed E-state index contributed by atoms with van der Waals surface area (Å²) in [6.07, 6.45) is 0. The Kier molecular flexibility index (Phi) is 3.77. The van der Waals surface area contributed by atoms with Crippen molar-refractivity contribution >= 4 is 32.4 Å². The SMILES string of the molecule is COc1cccc2cc(CNCc3csc4ccccc34)oc12. The largest absolute Gasteiger partial charge is 0.493 e. The number of hydrogen-bond acceptors (Lipinski definition) is 4. The molecule has 116 valence electrons. The van der Waals surface area contributed by atoms with Crippen molar-refractivity contribution in [3.63, 3.8) is 0 Å². The molecule has 0 saturated heterocycles. The van der Waals surface area contributed by atoms with Crippen LogP contribution in [0.2, 0.25) is 0 Å². The molecule has 0 amide bonds. The van der Waals surface area contributed by atoms with Crippen LogP contribution in [0.3, 0.4) is 0 Å². The smallest absolute Gasteiger partial charge is 0.176 e. The molecule has 0 atom stereocenters. The Bertz CT molecular complexity index is 954. The average molecular weight is 323 g/mol. The van der Waals surface area contributed by atoms with Crippen LogP contribution in [0.4, 0.5) is 0 Å². The van der Waals surface area contributed by atoms with E-state index in [1.807, 2.05) is 18.2 Å². The summed E-state index contributed by atoms with van der Waals surface area (Å²) < 4.78 is 12.6. The highest BCUT2D eigenvalue weighted by atomic mass is 32.1. The molecule has 4 rings (SSSR count). The molecule has 4 aromatic rings. The number of thiophene rings is 1. The first-order valence-electron chi connectivity index (χ1n) is 7.56. The maximum absolute atomic E-state index is 5.91. The molecular formula is C19H17NO2S. The first-order valence-corrected chi connectivity index (χ1v) is 8.44. The molecule has 0 aliphatic heterocycles. The lowest BCUT2D eigenvalue weighted by Crippen LogP contribution is -2.11. The number of methoxy groups -OCH3 is 1. The number of benzene rings is 2. The molecule has 0 radical (unpaired) electrons. The van der Waals surface area contributed by atoms with Gasteiger partial charge in [-0.25, -0.2) is 0 Å². The second-order valence-corrected chi connectivity index (χ2v) is 6.36. The molecule has 23 heavy (non-hydrogen) atoms. The number of rotatable bonds is 5. The Labute approximate surface area is 138 Å². The van der Waals surface area contributed by atoms with E-state index in [0.29, 0.717) is 6.54 Å². The van der Waals surface area contributed by atoms with Crippen LogP contribution < -0.4 is 10.1 Å². The minimum atomic E-state index is 0.696. The van der Waals surface area contributed by atoms with E-state index in [0.717, 1.165) is 29.0 Å². The predicted molar refractivity (Wildman–Crippen MR) is 95.1 cm³/mol. The summed E-state index contributed by atoms with van der Waals surface area (Å²) in [6, 6.07) is 16.5. The second-order valence-electron chi connectivity index (χ2n) is 5.45. The third-order valence-corrected chi connectivity index (χ3v) is 4.97. The minimum Gasteiger partial charge on any atom is -0.493 e. The Morgan fingerprint density at radius 3 is 2.91 bits per heavy atom. The monoisotopic (exact) mass is 323 g/mol. The lowest BCUT2D eigenvalue weighted by Gasteiger charge is -2.02. The molecule has 0 bridgehead atoms. The summed E-state index contributed by atoms with van der Waals surface area (Å²) >= 11 is 1.79. The van der Waals surface area contributed by atoms with Gasteiger partial charge in [-0.2, -0.15) is 0 Å². The minimum absolute atomic E-state index is 0.696. The molecule has 2 heterocycles. The van der Waals surface area contributed by atoms with E-state index in [1.54, 1.807) is 18.4 Å². The highest BCUT2D eigenvalue weighted by molar-refractivity contribution is 7.17. The normalized spacial score (nSPS) is 11.3. The van der Waals surface area contributed by atoms with Gasteiger partial charge in [0.2, 0.25) is 0 Å². The Morgan fingerprint density at radius 1 is 1.09 bits per heavy atom. The van der Waals surface area contributed by atoms with E-state index < -0.39 is 0 Å². The fourth-order valence-corrected chi connectivity index (χ4v) is 3.79. The lowest BCUT2D eigenvalue weighted by molar-refractivity contribution is 0.406. The van der Waals surface area contributed by atoms with Gasteiger partial charge in [-0.15, -0.1) is 11.3 Å². The van der Waals surface area contributed by atoms with E-state index in [4.69, 9.17) is 9.15 Å². The fraction of sp³-hybridized carbons (Fsp3) is 0.158. The van der Waals surface area contributed by atoms with Gasteiger partial charge >= 0.3 is 0 Å². The molecule has 3 nitrogen and oxygen atoms in total. The van der Waals surface area contributed by atoms with E-state index in [9.17, 15) is 0 Å². The fourth-order valence-electron chi connectivity index (χ4n) is 2.83. The van der Waals surface area contributed by atoms with Crippen molar-refractivity contribution in [2.24, 2.45) is 0 Å². The molecule has 2 aromatic heterocycles. The van der Waals surface area contributed by atoms with Crippen LogP contribution in [0, 0.1) is 0 Å². The van der Waals surface area contributed by atoms with Gasteiger partial charge in [0.15, 0.2) is 11.3 Å². The van der Waals surface area contributed by atoms with Crippen LogP contribution in [0.15, 0.2) is 58.3 Å². The van der Waals surface area contributed by atoms with Crippen molar-refractivity contribution in [1.29, 1.82) is 0 Å². The molecule has 0 spiro atoms. The summed E-state index contributed by atoms with van der Waals surface area (Å²) in [7, 11) is 1.66. The van der Waals surface area contributed by atoms with Crippen LogP contribution in [-0.4, -0.2) is 7.11 Å². The van der Waals surface area contributed by atoms with Crippen LogP contribution >= 0.6 is 11.3 Å². The highest BCUT2D eigenvalue weighted by Crippen LogP contribution is 2.29. The number of para-hydroxylation sites is 1. The zero-order chi connectivity index (χ0) is 15.6. The number of hydrogen-bond donors (Lipinski definition) is 1. The van der Waals surface area contributed by atoms with Gasteiger partial charge in [0.25, 0.3) is 0 Å². The van der Waals surface area contributed by atoms with Gasteiger partial charge in [-0.3, -0.25) is 0 Å². The summed E-state index contributed by atoms with van der Waals surface area (Å²) in [4.78, 5) is 0. The van der Waals surface area contributed by atoms with Crippen molar-refractivity contribution in [3.8, 4) is 5.75 Å². The number of ether oxygens (including phenoxy) is 1. The number of furan rings is 1. The van der Waals surface area contributed by atoms with Gasteiger partial charge in [-0.05, 0) is 34.5 Å². The Balaban J connectivity index is 1.49. The highest BCUT2D eigenvalue weighted by Gasteiger charge is 2.09. The topological polar surface area (TPSA) is 34.4 Å². The van der Waals surface area contributed by atoms with Crippen molar-refractivity contribution in [3.05, 3.63) is 65.2 Å². The summed E-state index contributed by atoms with van der Waals surface area (Å²) in [5.41, 5.74) is 2.15. The van der Waals surface area contributed by atoms with Crippen molar-refractivity contribution in [1.82, 2.24) is 5.32 Å². The third kappa shape index (κ3) is 2.71. The van der Waals surface area contributed by atoms with Gasteiger partial charge in [0.1, 0.15) is 5.76 Å². The van der Waals surface area contributed by atoms with Crippen LogP contribution in [0.25, 0.3) is 21.1 Å². The summed E-state index contributed by atoms with van der Waals surface area (Å²) in [5.74, 6) is 1.70. The van der Waals surface area contributed by atoms with Gasteiger partial charge < -0.3 is 14.5 Å². The molecule has 2 aromatic carbocycles. The maximum Gasteiger partial charge on any atom is 0.176 e. The van der Waals surface area contributed by atoms with E-state index in [2.05, 4.69) is 41.0 Å². The molecule has 1 N–H and O–H groups in total. The Morgan fingerprint density at radius 2 is 2.00 bits per heavy atom. The van der Waals surface area contributed by atoms with Crippen molar-refractivity contribution in [2.75, 3.05) is 7.11 Å². The third-order valence-electron chi connectivity index (χ3n) is 3.95. The molecule has 0 unspecified atom stereocenters. The van der Waals surface area contributed by atoms with Crippen LogP contribution in [0.1, 0.15) is 11.3 Å². The van der Waals surface area contributed by atoms with Crippen molar-refractivity contribution in [2.45, 2.75) is 13.1 Å². The quantitative estimate of drug-likeness (QED) is 0.564. The van der Waals surface area contributed by atoms with Crippen molar-refractivity contribution < 1.29 is 9.15 Å². The molecule has 0 fully saturated rings. The summed E-state index contributed by atoms with van der Waals surface area (Å²) in [6.45, 7) is 1.53. The standard InChI is InChI=1S/C19H17NO2S/c1-21-17-7-4-5-13-9-15(22-19(13)17)11-20-10-14-12-23-18-8-3-2-6-16(14)18/h2-9,12,20H,10-11H2,1H3. The molecule has 0 saturated carbocycles. The first-order chi connectivity index (χ1) is 11.3. The zero-order valence-electron chi connectivity index (χ0n) is 12.8. The second kappa shape index (κ2) is 6.07. The predicted octanol–water partition coefficient (Wildman–Crippen LogP) is 4.95. The van der Waals surface area contributed by atoms with Crippen LogP contribution in [0.5, 0.6) is 5.75 Å². The van der Waals surface area contributed by atoms with Gasteiger partial charge in [-0.1, -0.05) is 30.3 Å². The first kappa shape index (κ1) is 14.3. The van der Waals surface area contributed by atoms with E-state index in [1.165, 1.54) is 15.6 Å². The van der Waals surface area contributed by atoms with Crippen LogP contribution in [-0.2, 0) is 13.1 Å². The lowest BCUT2D eigenvalue weighted by atomic mass is 10.2. The summed E-state index contributed by atoms with van der Waals surface area (Å²) in [5, 5.41) is 8.09. The van der Waals surface area contributed by atoms with E-state index >= 15 is 0 Å². The van der Waals surface area contributed by atoms with E-state index in [-0.39, 0.29) is 0 Å². The molecule has 0 aliphatic rings. The van der Waals surface area contributed by atoms with Gasteiger partial charge in [0, 0.05) is 16.6 Å². The van der Waals surface area contributed by atoms with Gasteiger partial charge in [0.05, 0.1) is 13.7 Å². The number of fused-ring (bicyclic) bond motifs is 2. The average Bonchev–Trinajstić information content (AvgIpc) is 3.18. The molecule has 0 aliphatic carbocycles. The molecular weight excluding hydrogens is 306 g/mol. The molecule has 4 heteroatoms. The maximum atomic E-state index is 5.91. The number of nitrogens with one attached hydrogen (secondary N) is 1. The Hall–Kier alpha value is -2.30. The zero-order valence-corrected chi connectivity index (χ0v) is 13.7.